The molecular weight excluding hydrogens is 238 g/mol. The summed E-state index contributed by atoms with van der Waals surface area (Å²) in [5.74, 6) is 0. The monoisotopic (exact) mass is 255 g/mol. The highest BCUT2D eigenvalue weighted by molar-refractivity contribution is 7.92. The van der Waals surface area contributed by atoms with Gasteiger partial charge in [-0.1, -0.05) is 29.8 Å². The number of hydrogen-bond acceptors (Lipinski definition) is 3. The second-order valence-electron chi connectivity index (χ2n) is 3.80. The topological polar surface area (TPSA) is 57.6 Å². The van der Waals surface area contributed by atoms with Gasteiger partial charge in [-0.2, -0.15) is 4.31 Å². The summed E-state index contributed by atoms with van der Waals surface area (Å²) < 4.78 is 24.5. The molecule has 0 spiro atoms. The molecule has 0 saturated heterocycles. The van der Waals surface area contributed by atoms with Crippen molar-refractivity contribution in [2.75, 3.05) is 20.2 Å². The van der Waals surface area contributed by atoms with Crippen molar-refractivity contribution in [1.29, 1.82) is 0 Å². The molecule has 0 bridgehead atoms. The summed E-state index contributed by atoms with van der Waals surface area (Å²) in [5, 5.41) is 9.83. The Hall–Kier alpha value is -1.17. The van der Waals surface area contributed by atoms with Crippen LogP contribution in [0.3, 0.4) is 0 Å². The number of nitrogens with zero attached hydrogens (tertiary/aromatic N) is 1. The minimum Gasteiger partial charge on any atom is -0.395 e. The van der Waals surface area contributed by atoms with Crippen LogP contribution in [-0.2, 0) is 10.0 Å². The number of aryl methyl sites for hydroxylation is 1. The lowest BCUT2D eigenvalue weighted by molar-refractivity contribution is 0.267. The molecule has 0 aliphatic rings. The van der Waals surface area contributed by atoms with E-state index in [1.165, 1.54) is 7.05 Å². The van der Waals surface area contributed by atoms with Crippen LogP contribution in [0.15, 0.2) is 29.7 Å². The molecule has 0 atom stereocenters. The van der Waals surface area contributed by atoms with E-state index in [0.29, 0.717) is 0 Å². The minimum atomic E-state index is -3.44. The zero-order chi connectivity index (χ0) is 12.9. The highest BCUT2D eigenvalue weighted by Gasteiger charge is 2.12. The second-order valence-corrected chi connectivity index (χ2v) is 5.73. The smallest absolute Gasteiger partial charge is 0.236 e. The van der Waals surface area contributed by atoms with Crippen molar-refractivity contribution in [1.82, 2.24) is 4.31 Å². The van der Waals surface area contributed by atoms with Gasteiger partial charge in [0.1, 0.15) is 0 Å². The molecule has 0 saturated carbocycles. The fourth-order valence-electron chi connectivity index (χ4n) is 1.21. The molecule has 0 aliphatic heterocycles. The first-order valence-corrected chi connectivity index (χ1v) is 6.78. The van der Waals surface area contributed by atoms with Gasteiger partial charge in [-0.3, -0.25) is 0 Å². The van der Waals surface area contributed by atoms with Gasteiger partial charge in [0.15, 0.2) is 0 Å². The molecule has 0 unspecified atom stereocenters. The number of hydrogen-bond donors (Lipinski definition) is 1. The molecule has 1 aromatic rings. The summed E-state index contributed by atoms with van der Waals surface area (Å²) in [7, 11) is -2.00. The fourth-order valence-corrected chi connectivity index (χ4v) is 2.09. The standard InChI is InChI=1S/C12H17NO3S/c1-11-3-5-12(6-4-11)7-10-17(15,16)13(2)8-9-14/h3-7,10,14H,8-9H2,1-2H3/b10-7+. The van der Waals surface area contributed by atoms with Crippen LogP contribution in [0.5, 0.6) is 0 Å². The van der Waals surface area contributed by atoms with Crippen molar-refractivity contribution < 1.29 is 13.5 Å². The Labute approximate surface area is 102 Å². The van der Waals surface area contributed by atoms with Gasteiger partial charge < -0.3 is 5.11 Å². The van der Waals surface area contributed by atoms with Crippen LogP contribution in [0.2, 0.25) is 0 Å². The highest BCUT2D eigenvalue weighted by atomic mass is 32.2. The maximum absolute atomic E-state index is 11.7. The molecular formula is C12H17NO3S. The van der Waals surface area contributed by atoms with Gasteiger partial charge in [0.05, 0.1) is 6.61 Å². The quantitative estimate of drug-likeness (QED) is 0.860. The van der Waals surface area contributed by atoms with Crippen LogP contribution in [-0.4, -0.2) is 38.0 Å². The Morgan fingerprint density at radius 3 is 2.41 bits per heavy atom. The van der Waals surface area contributed by atoms with Gasteiger partial charge in [0, 0.05) is 19.0 Å². The fraction of sp³-hybridized carbons (Fsp3) is 0.333. The molecule has 0 fully saturated rings. The summed E-state index contributed by atoms with van der Waals surface area (Å²) in [6, 6.07) is 7.55. The summed E-state index contributed by atoms with van der Waals surface area (Å²) in [5.41, 5.74) is 1.96. The zero-order valence-corrected chi connectivity index (χ0v) is 10.8. The Balaban J connectivity index is 2.80. The summed E-state index contributed by atoms with van der Waals surface area (Å²) in [6.45, 7) is 1.88. The number of benzene rings is 1. The van der Waals surface area contributed by atoms with Gasteiger partial charge in [0.25, 0.3) is 0 Å². The van der Waals surface area contributed by atoms with Crippen molar-refractivity contribution in [2.45, 2.75) is 6.92 Å². The molecule has 0 amide bonds. The van der Waals surface area contributed by atoms with Crippen molar-refractivity contribution >= 4 is 16.1 Å². The van der Waals surface area contributed by atoms with Gasteiger partial charge in [-0.15, -0.1) is 0 Å². The molecule has 0 radical (unpaired) electrons. The second kappa shape index (κ2) is 5.95. The van der Waals surface area contributed by atoms with Crippen LogP contribution in [0, 0.1) is 6.92 Å². The summed E-state index contributed by atoms with van der Waals surface area (Å²) >= 11 is 0. The summed E-state index contributed by atoms with van der Waals surface area (Å²) in [6.07, 6.45) is 1.54. The Morgan fingerprint density at radius 1 is 1.29 bits per heavy atom. The minimum absolute atomic E-state index is 0.0978. The van der Waals surface area contributed by atoms with E-state index in [1.807, 2.05) is 31.2 Å². The van der Waals surface area contributed by atoms with E-state index in [9.17, 15) is 8.42 Å². The van der Waals surface area contributed by atoms with Crippen LogP contribution >= 0.6 is 0 Å². The van der Waals surface area contributed by atoms with Crippen molar-refractivity contribution in [3.8, 4) is 0 Å². The van der Waals surface area contributed by atoms with E-state index in [4.69, 9.17) is 5.11 Å². The van der Waals surface area contributed by atoms with E-state index in [1.54, 1.807) is 6.08 Å². The Morgan fingerprint density at radius 2 is 1.88 bits per heavy atom. The zero-order valence-electron chi connectivity index (χ0n) is 10.00. The number of aliphatic hydroxyl groups is 1. The highest BCUT2D eigenvalue weighted by Crippen LogP contribution is 2.08. The molecule has 0 heterocycles. The summed E-state index contributed by atoms with van der Waals surface area (Å²) in [4.78, 5) is 0. The molecule has 1 aromatic carbocycles. The normalized spacial score (nSPS) is 12.5. The molecule has 5 heteroatoms. The van der Waals surface area contributed by atoms with E-state index >= 15 is 0 Å². The average molecular weight is 255 g/mol. The lowest BCUT2D eigenvalue weighted by Crippen LogP contribution is -2.27. The van der Waals surface area contributed by atoms with Crippen LogP contribution in [0.1, 0.15) is 11.1 Å². The number of likely N-dealkylation sites (N-methyl/N-ethyl adjacent to an activating group) is 1. The van der Waals surface area contributed by atoms with Crippen molar-refractivity contribution in [2.24, 2.45) is 0 Å². The molecule has 0 aliphatic carbocycles. The molecule has 17 heavy (non-hydrogen) atoms. The molecule has 1 N–H and O–H groups in total. The van der Waals surface area contributed by atoms with Gasteiger partial charge >= 0.3 is 0 Å². The Bertz CT molecular complexity index is 477. The number of rotatable bonds is 5. The van der Waals surface area contributed by atoms with E-state index < -0.39 is 10.0 Å². The maximum atomic E-state index is 11.7. The predicted octanol–water partition coefficient (Wildman–Crippen LogP) is 1.22. The predicted molar refractivity (Wildman–Crippen MR) is 68.8 cm³/mol. The first-order chi connectivity index (χ1) is 7.95. The molecule has 4 nitrogen and oxygen atoms in total. The third-order valence-electron chi connectivity index (χ3n) is 2.36. The van der Waals surface area contributed by atoms with Gasteiger partial charge in [-0.05, 0) is 18.6 Å². The van der Waals surface area contributed by atoms with Crippen molar-refractivity contribution in [3.63, 3.8) is 0 Å². The van der Waals surface area contributed by atoms with Crippen molar-refractivity contribution in [3.05, 3.63) is 40.8 Å². The average Bonchev–Trinajstić information content (AvgIpc) is 2.29. The molecule has 94 valence electrons. The third kappa shape index (κ3) is 4.30. The number of sulfonamides is 1. The first-order valence-electron chi connectivity index (χ1n) is 5.27. The third-order valence-corrected chi connectivity index (χ3v) is 3.89. The van der Waals surface area contributed by atoms with Gasteiger partial charge in [0.2, 0.25) is 10.0 Å². The van der Waals surface area contributed by atoms with Gasteiger partial charge in [-0.25, -0.2) is 8.42 Å². The lowest BCUT2D eigenvalue weighted by atomic mass is 10.2. The van der Waals surface area contributed by atoms with Crippen LogP contribution < -0.4 is 0 Å². The lowest BCUT2D eigenvalue weighted by Gasteiger charge is -2.12. The van der Waals surface area contributed by atoms with Crippen LogP contribution in [0.25, 0.3) is 6.08 Å². The maximum Gasteiger partial charge on any atom is 0.236 e. The van der Waals surface area contributed by atoms with E-state index in [0.717, 1.165) is 20.8 Å². The molecule has 1 rings (SSSR count). The SMILES string of the molecule is Cc1ccc(/C=C/S(=O)(=O)N(C)CCO)cc1. The first kappa shape index (κ1) is 13.9. The number of aliphatic hydroxyl groups excluding tert-OH is 1. The Kier molecular flexibility index (Phi) is 4.86. The van der Waals surface area contributed by atoms with Crippen LogP contribution in [0.4, 0.5) is 0 Å². The van der Waals surface area contributed by atoms with E-state index in [2.05, 4.69) is 0 Å². The van der Waals surface area contributed by atoms with E-state index in [-0.39, 0.29) is 13.2 Å². The largest absolute Gasteiger partial charge is 0.395 e. The molecule has 0 aromatic heterocycles.